The van der Waals surface area contributed by atoms with Gasteiger partial charge in [-0.3, -0.25) is 9.59 Å². The van der Waals surface area contributed by atoms with Gasteiger partial charge in [0.1, 0.15) is 0 Å². The maximum absolute atomic E-state index is 11.7. The van der Waals surface area contributed by atoms with Gasteiger partial charge in [-0.2, -0.15) is 0 Å². The van der Waals surface area contributed by atoms with Crippen LogP contribution in [-0.2, 0) is 9.59 Å². The molecule has 0 aliphatic carbocycles. The Labute approximate surface area is 119 Å². The molecule has 1 unspecified atom stereocenters. The van der Waals surface area contributed by atoms with Crippen molar-refractivity contribution in [1.82, 2.24) is 5.32 Å². The number of unbranched alkanes of at least 4 members (excludes halogenated alkanes) is 1. The first kappa shape index (κ1) is 15.2. The van der Waals surface area contributed by atoms with Gasteiger partial charge >= 0.3 is 5.97 Å². The van der Waals surface area contributed by atoms with Gasteiger partial charge in [0.15, 0.2) is 0 Å². The lowest BCUT2D eigenvalue weighted by molar-refractivity contribution is -0.137. The molecular formula is C12H16BrNO3S. The lowest BCUT2D eigenvalue weighted by atomic mass is 10.1. The zero-order chi connectivity index (χ0) is 13.4. The molecular weight excluding hydrogens is 318 g/mol. The van der Waals surface area contributed by atoms with Crippen LogP contribution in [0.25, 0.3) is 0 Å². The molecule has 1 aromatic heterocycles. The molecule has 0 aliphatic heterocycles. The van der Waals surface area contributed by atoms with Crippen LogP contribution < -0.4 is 5.32 Å². The van der Waals surface area contributed by atoms with E-state index < -0.39 is 12.0 Å². The maximum atomic E-state index is 11.7. The molecule has 0 fully saturated rings. The number of hydrogen-bond acceptors (Lipinski definition) is 3. The van der Waals surface area contributed by atoms with E-state index in [1.807, 2.05) is 17.5 Å². The summed E-state index contributed by atoms with van der Waals surface area (Å²) < 4.78 is 0. The Morgan fingerprint density at radius 1 is 1.44 bits per heavy atom. The minimum absolute atomic E-state index is 0.0787. The Bertz CT molecular complexity index is 381. The number of carboxylic acid groups (broad SMARTS) is 1. The number of carbonyl (C=O) groups excluding carboxylic acids is 1. The summed E-state index contributed by atoms with van der Waals surface area (Å²) in [5, 5.41) is 14.4. The monoisotopic (exact) mass is 333 g/mol. The molecule has 2 N–H and O–H groups in total. The number of halogens is 1. The van der Waals surface area contributed by atoms with Crippen molar-refractivity contribution >= 4 is 39.1 Å². The number of carboxylic acids is 1. The number of nitrogens with one attached hydrogen (secondary N) is 1. The largest absolute Gasteiger partial charge is 0.481 e. The van der Waals surface area contributed by atoms with Crippen LogP contribution in [0.2, 0.25) is 0 Å². The molecule has 1 atom stereocenters. The first-order valence-electron chi connectivity index (χ1n) is 5.74. The Kier molecular flexibility index (Phi) is 6.97. The highest BCUT2D eigenvalue weighted by Gasteiger charge is 2.18. The summed E-state index contributed by atoms with van der Waals surface area (Å²) in [6.45, 7) is 0. The van der Waals surface area contributed by atoms with Gasteiger partial charge in [-0.1, -0.05) is 22.0 Å². The van der Waals surface area contributed by atoms with Gasteiger partial charge in [-0.25, -0.2) is 0 Å². The molecule has 0 saturated heterocycles. The van der Waals surface area contributed by atoms with Crippen molar-refractivity contribution in [3.05, 3.63) is 22.4 Å². The van der Waals surface area contributed by atoms with Crippen LogP contribution in [-0.4, -0.2) is 22.3 Å². The normalized spacial score (nSPS) is 12.1. The first-order valence-corrected chi connectivity index (χ1v) is 7.74. The van der Waals surface area contributed by atoms with Crippen molar-refractivity contribution in [1.29, 1.82) is 0 Å². The van der Waals surface area contributed by atoms with E-state index in [0.717, 1.165) is 23.0 Å². The smallest absolute Gasteiger partial charge is 0.305 e. The number of thiophene rings is 1. The van der Waals surface area contributed by atoms with E-state index >= 15 is 0 Å². The van der Waals surface area contributed by atoms with E-state index in [0.29, 0.717) is 6.42 Å². The molecule has 0 radical (unpaired) electrons. The molecule has 1 amide bonds. The molecule has 18 heavy (non-hydrogen) atoms. The summed E-state index contributed by atoms with van der Waals surface area (Å²) in [6, 6.07) is 3.28. The Hall–Kier alpha value is -0.880. The number of aliphatic carboxylic acids is 1. The molecule has 6 heteroatoms. The SMILES string of the molecule is O=C(O)CC(NC(=O)CCCCBr)c1cccs1. The zero-order valence-electron chi connectivity index (χ0n) is 9.89. The average molecular weight is 334 g/mol. The molecule has 100 valence electrons. The van der Waals surface area contributed by atoms with Crippen LogP contribution in [0, 0.1) is 0 Å². The summed E-state index contributed by atoms with van der Waals surface area (Å²) >= 11 is 4.76. The Morgan fingerprint density at radius 2 is 2.22 bits per heavy atom. The minimum atomic E-state index is -0.908. The molecule has 0 aromatic carbocycles. The summed E-state index contributed by atoms with van der Waals surface area (Å²) in [4.78, 5) is 23.4. The third-order valence-electron chi connectivity index (χ3n) is 2.39. The van der Waals surface area contributed by atoms with E-state index in [-0.39, 0.29) is 12.3 Å². The van der Waals surface area contributed by atoms with Crippen LogP contribution in [0.5, 0.6) is 0 Å². The van der Waals surface area contributed by atoms with Crippen molar-refractivity contribution in [2.24, 2.45) is 0 Å². The van der Waals surface area contributed by atoms with Crippen molar-refractivity contribution in [3.63, 3.8) is 0 Å². The Balaban J connectivity index is 2.51. The summed E-state index contributed by atoms with van der Waals surface area (Å²) in [6.07, 6.45) is 2.11. The van der Waals surface area contributed by atoms with Crippen LogP contribution in [0.1, 0.15) is 36.6 Å². The third-order valence-corrected chi connectivity index (χ3v) is 3.93. The van der Waals surface area contributed by atoms with Gasteiger partial charge in [0.2, 0.25) is 5.91 Å². The van der Waals surface area contributed by atoms with Crippen LogP contribution in [0.4, 0.5) is 0 Å². The van der Waals surface area contributed by atoms with E-state index in [1.165, 1.54) is 11.3 Å². The highest BCUT2D eigenvalue weighted by atomic mass is 79.9. The highest BCUT2D eigenvalue weighted by Crippen LogP contribution is 2.22. The predicted octanol–water partition coefficient (Wildman–Crippen LogP) is 2.95. The topological polar surface area (TPSA) is 66.4 Å². The van der Waals surface area contributed by atoms with E-state index in [4.69, 9.17) is 5.11 Å². The first-order chi connectivity index (χ1) is 8.63. The lowest BCUT2D eigenvalue weighted by Gasteiger charge is -2.15. The van der Waals surface area contributed by atoms with Crippen molar-refractivity contribution in [2.75, 3.05) is 5.33 Å². The average Bonchev–Trinajstić information content (AvgIpc) is 2.81. The van der Waals surface area contributed by atoms with E-state index in [2.05, 4.69) is 21.2 Å². The van der Waals surface area contributed by atoms with Gasteiger partial charge in [0.25, 0.3) is 0 Å². The van der Waals surface area contributed by atoms with Gasteiger partial charge in [0.05, 0.1) is 12.5 Å². The standard InChI is InChI=1S/C12H16BrNO3S/c13-6-2-1-5-11(15)14-9(8-12(16)17)10-4-3-7-18-10/h3-4,7,9H,1-2,5-6,8H2,(H,14,15)(H,16,17). The number of alkyl halides is 1. The van der Waals surface area contributed by atoms with Crippen molar-refractivity contribution < 1.29 is 14.7 Å². The molecule has 0 aliphatic rings. The second-order valence-electron chi connectivity index (χ2n) is 3.88. The molecule has 4 nitrogen and oxygen atoms in total. The van der Waals surface area contributed by atoms with Crippen LogP contribution >= 0.6 is 27.3 Å². The number of amides is 1. The van der Waals surface area contributed by atoms with E-state index in [9.17, 15) is 9.59 Å². The lowest BCUT2D eigenvalue weighted by Crippen LogP contribution is -2.29. The summed E-state index contributed by atoms with van der Waals surface area (Å²) in [5.41, 5.74) is 0. The fraction of sp³-hybridized carbons (Fsp3) is 0.500. The number of hydrogen-bond donors (Lipinski definition) is 2. The van der Waals surface area contributed by atoms with Crippen LogP contribution in [0.3, 0.4) is 0 Å². The molecule has 1 rings (SSSR count). The quantitative estimate of drug-likeness (QED) is 0.567. The zero-order valence-corrected chi connectivity index (χ0v) is 12.3. The van der Waals surface area contributed by atoms with Crippen molar-refractivity contribution in [2.45, 2.75) is 31.7 Å². The molecule has 0 saturated carbocycles. The fourth-order valence-electron chi connectivity index (χ4n) is 1.53. The summed E-state index contributed by atoms with van der Waals surface area (Å²) in [7, 11) is 0. The van der Waals surface area contributed by atoms with Crippen molar-refractivity contribution in [3.8, 4) is 0 Å². The molecule has 1 heterocycles. The summed E-state index contributed by atoms with van der Waals surface area (Å²) in [5.74, 6) is -0.996. The molecule has 0 spiro atoms. The van der Waals surface area contributed by atoms with Gasteiger partial charge in [0, 0.05) is 16.6 Å². The van der Waals surface area contributed by atoms with Gasteiger partial charge in [-0.15, -0.1) is 11.3 Å². The third kappa shape index (κ3) is 5.64. The van der Waals surface area contributed by atoms with Crippen LogP contribution in [0.15, 0.2) is 17.5 Å². The Morgan fingerprint density at radius 3 is 2.78 bits per heavy atom. The minimum Gasteiger partial charge on any atom is -0.481 e. The predicted molar refractivity (Wildman–Crippen MR) is 75.1 cm³/mol. The maximum Gasteiger partial charge on any atom is 0.305 e. The van der Waals surface area contributed by atoms with E-state index in [1.54, 1.807) is 0 Å². The number of carbonyl (C=O) groups is 2. The second kappa shape index (κ2) is 8.26. The number of rotatable bonds is 8. The molecule has 1 aromatic rings. The second-order valence-corrected chi connectivity index (χ2v) is 5.65. The molecule has 0 bridgehead atoms. The van der Waals surface area contributed by atoms with Gasteiger partial charge in [-0.05, 0) is 24.3 Å². The van der Waals surface area contributed by atoms with Gasteiger partial charge < -0.3 is 10.4 Å². The highest BCUT2D eigenvalue weighted by molar-refractivity contribution is 9.09. The fourth-order valence-corrected chi connectivity index (χ4v) is 2.71.